The van der Waals surface area contributed by atoms with Crippen molar-refractivity contribution in [2.24, 2.45) is 5.92 Å². The van der Waals surface area contributed by atoms with Crippen LogP contribution in [0.25, 0.3) is 0 Å². The molecule has 1 amide bonds. The van der Waals surface area contributed by atoms with Crippen LogP contribution in [-0.2, 0) is 4.79 Å². The van der Waals surface area contributed by atoms with Crippen LogP contribution in [-0.4, -0.2) is 23.9 Å². The molecule has 0 bridgehead atoms. The summed E-state index contributed by atoms with van der Waals surface area (Å²) in [5.41, 5.74) is 0. The van der Waals surface area contributed by atoms with Gasteiger partial charge in [-0.05, 0) is 43.0 Å². The zero-order chi connectivity index (χ0) is 11.0. The first-order valence-electron chi connectivity index (χ1n) is 6.17. The highest BCUT2D eigenvalue weighted by Gasteiger charge is 2.35. The minimum atomic E-state index is 0.387. The Bertz CT molecular complexity index is 361. The standard InChI is InChI=1S/C13H17NOS/c15-13(11-3-4-11)14-7-5-10(6-8-14)12-2-1-9-16-12/h1-2,9-11H,3-8H2. The average Bonchev–Trinajstić information content (AvgIpc) is 3.04. The smallest absolute Gasteiger partial charge is 0.225 e. The van der Waals surface area contributed by atoms with Gasteiger partial charge in [-0.15, -0.1) is 11.3 Å². The van der Waals surface area contributed by atoms with E-state index in [0.717, 1.165) is 38.8 Å². The van der Waals surface area contributed by atoms with Crippen LogP contribution >= 0.6 is 11.3 Å². The van der Waals surface area contributed by atoms with E-state index in [1.165, 1.54) is 4.88 Å². The molecule has 0 atom stereocenters. The molecular weight excluding hydrogens is 218 g/mol. The molecule has 1 aromatic rings. The molecule has 1 saturated heterocycles. The maximum Gasteiger partial charge on any atom is 0.225 e. The lowest BCUT2D eigenvalue weighted by atomic mass is 9.95. The third-order valence-corrected chi connectivity index (χ3v) is 4.71. The number of amides is 1. The first-order chi connectivity index (χ1) is 7.84. The van der Waals surface area contributed by atoms with Gasteiger partial charge in [0.2, 0.25) is 5.91 Å². The Hall–Kier alpha value is -0.830. The molecule has 3 rings (SSSR count). The van der Waals surface area contributed by atoms with Crippen LogP contribution in [0.4, 0.5) is 0 Å². The van der Waals surface area contributed by atoms with Gasteiger partial charge in [0.25, 0.3) is 0 Å². The van der Waals surface area contributed by atoms with Crippen molar-refractivity contribution in [3.8, 4) is 0 Å². The number of thiophene rings is 1. The number of likely N-dealkylation sites (tertiary alicyclic amines) is 1. The van der Waals surface area contributed by atoms with E-state index in [0.29, 0.717) is 17.7 Å². The molecular formula is C13H17NOS. The summed E-state index contributed by atoms with van der Waals surface area (Å²) >= 11 is 1.85. The van der Waals surface area contributed by atoms with Crippen LogP contribution in [0.2, 0.25) is 0 Å². The van der Waals surface area contributed by atoms with Crippen molar-refractivity contribution >= 4 is 17.2 Å². The number of carbonyl (C=O) groups excluding carboxylic acids is 1. The molecule has 0 aromatic carbocycles. The highest BCUT2D eigenvalue weighted by molar-refractivity contribution is 7.10. The minimum Gasteiger partial charge on any atom is -0.342 e. The Labute approximate surface area is 100 Å². The van der Waals surface area contributed by atoms with E-state index in [1.807, 2.05) is 11.3 Å². The van der Waals surface area contributed by atoms with Crippen molar-refractivity contribution < 1.29 is 4.79 Å². The summed E-state index contributed by atoms with van der Waals surface area (Å²) in [6.45, 7) is 1.94. The van der Waals surface area contributed by atoms with Crippen molar-refractivity contribution in [2.75, 3.05) is 13.1 Å². The second-order valence-electron chi connectivity index (χ2n) is 4.89. The van der Waals surface area contributed by atoms with E-state index in [9.17, 15) is 4.79 Å². The molecule has 86 valence electrons. The number of piperidine rings is 1. The quantitative estimate of drug-likeness (QED) is 0.772. The number of rotatable bonds is 2. The second kappa shape index (κ2) is 4.21. The summed E-state index contributed by atoms with van der Waals surface area (Å²) in [5, 5.41) is 2.15. The van der Waals surface area contributed by atoms with E-state index in [1.54, 1.807) is 0 Å². The molecule has 1 saturated carbocycles. The van der Waals surface area contributed by atoms with Crippen molar-refractivity contribution in [3.63, 3.8) is 0 Å². The van der Waals surface area contributed by atoms with E-state index in [2.05, 4.69) is 22.4 Å². The number of carbonyl (C=O) groups is 1. The van der Waals surface area contributed by atoms with Gasteiger partial charge in [-0.2, -0.15) is 0 Å². The third kappa shape index (κ3) is 2.01. The van der Waals surface area contributed by atoms with Gasteiger partial charge in [0.1, 0.15) is 0 Å². The number of hydrogen-bond acceptors (Lipinski definition) is 2. The molecule has 0 radical (unpaired) electrons. The molecule has 3 heteroatoms. The Morgan fingerprint density at radius 2 is 2.00 bits per heavy atom. The van der Waals surface area contributed by atoms with E-state index < -0.39 is 0 Å². The maximum absolute atomic E-state index is 11.9. The van der Waals surface area contributed by atoms with Gasteiger partial charge < -0.3 is 4.90 Å². The van der Waals surface area contributed by atoms with Gasteiger partial charge in [-0.3, -0.25) is 4.79 Å². The lowest BCUT2D eigenvalue weighted by Crippen LogP contribution is -2.38. The number of hydrogen-bond donors (Lipinski definition) is 0. The molecule has 16 heavy (non-hydrogen) atoms. The highest BCUT2D eigenvalue weighted by Crippen LogP contribution is 2.35. The van der Waals surface area contributed by atoms with Crippen molar-refractivity contribution in [2.45, 2.75) is 31.6 Å². The molecule has 2 aliphatic rings. The Balaban J connectivity index is 1.57. The third-order valence-electron chi connectivity index (χ3n) is 3.68. The molecule has 2 nitrogen and oxygen atoms in total. The van der Waals surface area contributed by atoms with Crippen molar-refractivity contribution in [3.05, 3.63) is 22.4 Å². The molecule has 0 unspecified atom stereocenters. The second-order valence-corrected chi connectivity index (χ2v) is 5.87. The monoisotopic (exact) mass is 235 g/mol. The Morgan fingerprint density at radius 3 is 2.56 bits per heavy atom. The lowest BCUT2D eigenvalue weighted by molar-refractivity contribution is -0.133. The number of nitrogens with zero attached hydrogens (tertiary/aromatic N) is 1. The van der Waals surface area contributed by atoms with Crippen molar-refractivity contribution in [1.82, 2.24) is 4.90 Å². The summed E-state index contributed by atoms with van der Waals surface area (Å²) in [6, 6.07) is 4.36. The largest absolute Gasteiger partial charge is 0.342 e. The van der Waals surface area contributed by atoms with E-state index >= 15 is 0 Å². The molecule has 1 aliphatic carbocycles. The first-order valence-corrected chi connectivity index (χ1v) is 7.05. The molecule has 0 spiro atoms. The van der Waals surface area contributed by atoms with Gasteiger partial charge in [-0.1, -0.05) is 6.07 Å². The van der Waals surface area contributed by atoms with Gasteiger partial charge >= 0.3 is 0 Å². The molecule has 1 aromatic heterocycles. The van der Waals surface area contributed by atoms with Gasteiger partial charge in [-0.25, -0.2) is 0 Å². The van der Waals surface area contributed by atoms with Crippen LogP contribution in [0, 0.1) is 5.92 Å². The fourth-order valence-corrected chi connectivity index (χ4v) is 3.40. The summed E-state index contributed by atoms with van der Waals surface area (Å²) in [7, 11) is 0. The average molecular weight is 235 g/mol. The highest BCUT2D eigenvalue weighted by atomic mass is 32.1. The molecule has 2 heterocycles. The molecule has 2 fully saturated rings. The van der Waals surface area contributed by atoms with Crippen LogP contribution in [0.5, 0.6) is 0 Å². The minimum absolute atomic E-state index is 0.387. The SMILES string of the molecule is O=C(C1CC1)N1CCC(c2cccs2)CC1. The Morgan fingerprint density at radius 1 is 1.25 bits per heavy atom. The van der Waals surface area contributed by atoms with Crippen molar-refractivity contribution in [1.29, 1.82) is 0 Å². The summed E-state index contributed by atoms with van der Waals surface area (Å²) in [5.74, 6) is 1.51. The topological polar surface area (TPSA) is 20.3 Å². The van der Waals surface area contributed by atoms with Gasteiger partial charge in [0, 0.05) is 23.9 Å². The van der Waals surface area contributed by atoms with Crippen LogP contribution in [0.15, 0.2) is 17.5 Å². The summed E-state index contributed by atoms with van der Waals surface area (Å²) in [4.78, 5) is 15.5. The zero-order valence-corrected chi connectivity index (χ0v) is 10.2. The maximum atomic E-state index is 11.9. The summed E-state index contributed by atoms with van der Waals surface area (Å²) in [6.07, 6.45) is 4.56. The zero-order valence-electron chi connectivity index (χ0n) is 9.39. The van der Waals surface area contributed by atoms with Crippen LogP contribution < -0.4 is 0 Å². The van der Waals surface area contributed by atoms with E-state index in [-0.39, 0.29) is 0 Å². The van der Waals surface area contributed by atoms with Gasteiger partial charge in [0.05, 0.1) is 0 Å². The lowest BCUT2D eigenvalue weighted by Gasteiger charge is -2.31. The predicted molar refractivity (Wildman–Crippen MR) is 65.6 cm³/mol. The van der Waals surface area contributed by atoms with Crippen LogP contribution in [0.1, 0.15) is 36.5 Å². The summed E-state index contributed by atoms with van der Waals surface area (Å²) < 4.78 is 0. The first kappa shape index (κ1) is 10.3. The molecule has 0 N–H and O–H groups in total. The Kier molecular flexibility index (Phi) is 2.72. The fraction of sp³-hybridized carbons (Fsp3) is 0.615. The van der Waals surface area contributed by atoms with Gasteiger partial charge in [0.15, 0.2) is 0 Å². The molecule has 1 aliphatic heterocycles. The van der Waals surface area contributed by atoms with Crippen LogP contribution in [0.3, 0.4) is 0 Å². The fourth-order valence-electron chi connectivity index (χ4n) is 2.50. The normalized spacial score (nSPS) is 22.4. The predicted octanol–water partition coefficient (Wildman–Crippen LogP) is 2.86. The van der Waals surface area contributed by atoms with E-state index in [4.69, 9.17) is 0 Å².